The van der Waals surface area contributed by atoms with Crippen LogP contribution in [-0.4, -0.2) is 9.91 Å². The maximum Gasteiger partial charge on any atom is 0.270 e. The van der Waals surface area contributed by atoms with Gasteiger partial charge in [0, 0.05) is 29.2 Å². The van der Waals surface area contributed by atoms with Crippen molar-refractivity contribution >= 4 is 28.7 Å². The van der Waals surface area contributed by atoms with Crippen LogP contribution < -0.4 is 0 Å². The number of nitriles is 1. The predicted molar refractivity (Wildman–Crippen MR) is 104 cm³/mol. The molecule has 0 spiro atoms. The Morgan fingerprint density at radius 3 is 2.86 bits per heavy atom. The fourth-order valence-electron chi connectivity index (χ4n) is 2.58. The molecule has 1 aromatic carbocycles. The number of nitro groups is 1. The van der Waals surface area contributed by atoms with Crippen LogP contribution in [0.3, 0.4) is 0 Å². The Hall–Kier alpha value is -3.96. The quantitative estimate of drug-likeness (QED) is 0.248. The lowest BCUT2D eigenvalue weighted by Crippen LogP contribution is -1.87. The Kier molecular flexibility index (Phi) is 4.58. The van der Waals surface area contributed by atoms with E-state index < -0.39 is 4.92 Å². The van der Waals surface area contributed by atoms with Crippen molar-refractivity contribution in [3.63, 3.8) is 0 Å². The van der Waals surface area contributed by atoms with Crippen molar-refractivity contribution < 1.29 is 13.8 Å². The highest BCUT2D eigenvalue weighted by molar-refractivity contribution is 7.11. The third kappa shape index (κ3) is 3.47. The zero-order chi connectivity index (χ0) is 19.5. The average molecular weight is 389 g/mol. The lowest BCUT2D eigenvalue weighted by atomic mass is 10.1. The first-order valence-electron chi connectivity index (χ1n) is 8.10. The Labute approximate surface area is 163 Å². The van der Waals surface area contributed by atoms with Gasteiger partial charge >= 0.3 is 0 Å². The third-order valence-corrected chi connectivity index (χ3v) is 4.76. The highest BCUT2D eigenvalue weighted by Gasteiger charge is 2.13. The molecule has 3 heterocycles. The molecule has 0 saturated carbocycles. The largest absolute Gasteiger partial charge is 0.463 e. The van der Waals surface area contributed by atoms with E-state index in [-0.39, 0.29) is 5.69 Å². The molecule has 0 N–H and O–H groups in total. The second-order valence-electron chi connectivity index (χ2n) is 5.69. The van der Waals surface area contributed by atoms with Gasteiger partial charge in [0.05, 0.1) is 16.8 Å². The van der Waals surface area contributed by atoms with Crippen molar-refractivity contribution in [2.75, 3.05) is 0 Å². The van der Waals surface area contributed by atoms with Gasteiger partial charge in [-0.3, -0.25) is 10.1 Å². The van der Waals surface area contributed by atoms with Gasteiger partial charge in [-0.2, -0.15) is 5.26 Å². The molecule has 0 saturated heterocycles. The van der Waals surface area contributed by atoms with Gasteiger partial charge in [-0.15, -0.1) is 11.3 Å². The molecule has 4 rings (SSSR count). The minimum absolute atomic E-state index is 0.0167. The van der Waals surface area contributed by atoms with Crippen LogP contribution in [0.25, 0.3) is 34.4 Å². The smallest absolute Gasteiger partial charge is 0.270 e. The summed E-state index contributed by atoms with van der Waals surface area (Å²) >= 11 is 1.33. The number of furan rings is 2. The van der Waals surface area contributed by atoms with Crippen LogP contribution in [0.5, 0.6) is 0 Å². The van der Waals surface area contributed by atoms with E-state index in [4.69, 9.17) is 8.83 Å². The van der Waals surface area contributed by atoms with E-state index in [0.717, 1.165) is 0 Å². The summed E-state index contributed by atoms with van der Waals surface area (Å²) in [4.78, 5) is 14.9. The normalized spacial score (nSPS) is 11.3. The van der Waals surface area contributed by atoms with Crippen molar-refractivity contribution in [2.45, 2.75) is 0 Å². The molecule has 8 heteroatoms. The number of aromatic nitrogens is 1. The molecule has 0 radical (unpaired) electrons. The highest BCUT2D eigenvalue weighted by atomic mass is 32.1. The SMILES string of the molecule is N#CC(=Cc1ccc(-c2cccc([N+](=O)[O-])c2)o1)c1nc(-c2ccco2)cs1. The molecule has 0 aliphatic carbocycles. The number of benzene rings is 1. The number of thiazole rings is 1. The standard InChI is InChI=1S/C20H11N3O4S/c21-11-14(20-22-17(12-28-20)19-5-2-8-26-19)10-16-6-7-18(27-16)13-3-1-4-15(9-13)23(24)25/h1-10,12H. The summed E-state index contributed by atoms with van der Waals surface area (Å²) in [6.45, 7) is 0. The van der Waals surface area contributed by atoms with Gasteiger partial charge in [0.2, 0.25) is 0 Å². The van der Waals surface area contributed by atoms with Crippen LogP contribution in [0.2, 0.25) is 0 Å². The topological polar surface area (TPSA) is 106 Å². The minimum Gasteiger partial charge on any atom is -0.463 e. The summed E-state index contributed by atoms with van der Waals surface area (Å²) in [7, 11) is 0. The fraction of sp³-hybridized carbons (Fsp3) is 0. The Morgan fingerprint density at radius 1 is 1.21 bits per heavy atom. The van der Waals surface area contributed by atoms with Crippen LogP contribution >= 0.6 is 11.3 Å². The summed E-state index contributed by atoms with van der Waals surface area (Å²) in [5.41, 5.74) is 1.57. The number of rotatable bonds is 5. The van der Waals surface area contributed by atoms with Crippen molar-refractivity contribution in [1.29, 1.82) is 5.26 Å². The number of nitrogens with zero attached hydrogens (tertiary/aromatic N) is 3. The summed E-state index contributed by atoms with van der Waals surface area (Å²) in [5.74, 6) is 1.56. The molecule has 7 nitrogen and oxygen atoms in total. The number of hydrogen-bond acceptors (Lipinski definition) is 7. The summed E-state index contributed by atoms with van der Waals surface area (Å²) in [6, 6.07) is 15.3. The lowest BCUT2D eigenvalue weighted by Gasteiger charge is -1.97. The molecule has 3 aromatic heterocycles. The van der Waals surface area contributed by atoms with E-state index in [1.165, 1.54) is 23.5 Å². The zero-order valence-electron chi connectivity index (χ0n) is 14.2. The van der Waals surface area contributed by atoms with Crippen molar-refractivity contribution in [3.8, 4) is 28.8 Å². The maximum absolute atomic E-state index is 10.9. The number of nitro benzene ring substituents is 1. The van der Waals surface area contributed by atoms with Crippen molar-refractivity contribution in [2.24, 2.45) is 0 Å². The molecule has 0 amide bonds. The minimum atomic E-state index is -0.458. The van der Waals surface area contributed by atoms with Gasteiger partial charge < -0.3 is 8.83 Å². The number of non-ortho nitro benzene ring substituents is 1. The van der Waals surface area contributed by atoms with E-state index in [0.29, 0.717) is 39.1 Å². The molecule has 0 unspecified atom stereocenters. The maximum atomic E-state index is 10.9. The van der Waals surface area contributed by atoms with Crippen molar-refractivity contribution in [3.05, 3.63) is 81.1 Å². The molecule has 0 fully saturated rings. The van der Waals surface area contributed by atoms with Gasteiger partial charge in [-0.25, -0.2) is 4.98 Å². The number of allylic oxidation sites excluding steroid dienone is 1. The molecule has 136 valence electrons. The number of hydrogen-bond donors (Lipinski definition) is 0. The van der Waals surface area contributed by atoms with Crippen LogP contribution in [0.4, 0.5) is 5.69 Å². The van der Waals surface area contributed by atoms with E-state index in [1.54, 1.807) is 48.7 Å². The first kappa shape index (κ1) is 17.5. The third-order valence-electron chi connectivity index (χ3n) is 3.88. The van der Waals surface area contributed by atoms with Gasteiger partial charge in [0.1, 0.15) is 28.3 Å². The second-order valence-corrected chi connectivity index (χ2v) is 6.55. The molecule has 0 aliphatic heterocycles. The lowest BCUT2D eigenvalue weighted by molar-refractivity contribution is -0.384. The first-order valence-corrected chi connectivity index (χ1v) is 8.98. The summed E-state index contributed by atoms with van der Waals surface area (Å²) in [6.07, 6.45) is 3.15. The summed E-state index contributed by atoms with van der Waals surface area (Å²) < 4.78 is 11.1. The van der Waals surface area contributed by atoms with Crippen molar-refractivity contribution in [1.82, 2.24) is 4.98 Å². The van der Waals surface area contributed by atoms with Crippen LogP contribution in [0.15, 0.2) is 69.0 Å². The zero-order valence-corrected chi connectivity index (χ0v) is 15.1. The average Bonchev–Trinajstić information content (AvgIpc) is 3.47. The van der Waals surface area contributed by atoms with E-state index in [9.17, 15) is 15.4 Å². The first-order chi connectivity index (χ1) is 13.6. The van der Waals surface area contributed by atoms with Crippen LogP contribution in [0, 0.1) is 21.4 Å². The van der Waals surface area contributed by atoms with Crippen LogP contribution in [-0.2, 0) is 0 Å². The van der Waals surface area contributed by atoms with E-state index in [2.05, 4.69) is 11.1 Å². The Balaban J connectivity index is 1.63. The molecule has 28 heavy (non-hydrogen) atoms. The molecule has 0 atom stereocenters. The van der Waals surface area contributed by atoms with Crippen LogP contribution in [0.1, 0.15) is 10.8 Å². The van der Waals surface area contributed by atoms with Gasteiger partial charge in [-0.05, 0) is 24.3 Å². The molecular weight excluding hydrogens is 378 g/mol. The monoisotopic (exact) mass is 389 g/mol. The highest BCUT2D eigenvalue weighted by Crippen LogP contribution is 2.30. The molecule has 0 bridgehead atoms. The van der Waals surface area contributed by atoms with Gasteiger partial charge in [0.15, 0.2) is 5.76 Å². The van der Waals surface area contributed by atoms with E-state index >= 15 is 0 Å². The Morgan fingerprint density at radius 2 is 2.11 bits per heavy atom. The molecule has 4 aromatic rings. The second kappa shape index (κ2) is 7.34. The fourth-order valence-corrected chi connectivity index (χ4v) is 3.35. The molecular formula is C20H11N3O4S. The molecule has 0 aliphatic rings. The van der Waals surface area contributed by atoms with Gasteiger partial charge in [-0.1, -0.05) is 12.1 Å². The predicted octanol–water partition coefficient (Wildman–Crippen LogP) is 5.64. The Bertz CT molecular complexity index is 1210. The van der Waals surface area contributed by atoms with Gasteiger partial charge in [0.25, 0.3) is 5.69 Å². The van der Waals surface area contributed by atoms with E-state index in [1.807, 2.05) is 5.38 Å². The summed E-state index contributed by atoms with van der Waals surface area (Å²) in [5, 5.41) is 22.8.